The number of hydrogen-bond donors (Lipinski definition) is 3. The van der Waals surface area contributed by atoms with Crippen LogP contribution >= 0.6 is 15.9 Å². The molecule has 9 heteroatoms. The zero-order valence-electron chi connectivity index (χ0n) is 14.2. The summed E-state index contributed by atoms with van der Waals surface area (Å²) in [4.78, 5) is 35.6. The Bertz CT molecular complexity index is 888. The van der Waals surface area contributed by atoms with Crippen LogP contribution in [0.4, 0.5) is 10.1 Å². The molecule has 0 heterocycles. The van der Waals surface area contributed by atoms with Crippen LogP contribution in [0.1, 0.15) is 27.1 Å². The molecule has 2 aromatic carbocycles. The van der Waals surface area contributed by atoms with Crippen molar-refractivity contribution in [2.45, 2.75) is 6.42 Å². The minimum atomic E-state index is -0.739. The molecular weight excluding hydrogens is 423 g/mol. The largest absolute Gasteiger partial charge is 0.505 e. The average Bonchev–Trinajstić information content (AvgIpc) is 2.64. The van der Waals surface area contributed by atoms with Gasteiger partial charge in [0.2, 0.25) is 5.91 Å². The quantitative estimate of drug-likeness (QED) is 0.475. The number of nitrogens with one attached hydrogen (secondary N) is 2. The second kappa shape index (κ2) is 9.13. The zero-order chi connectivity index (χ0) is 20.0. The Morgan fingerprint density at radius 3 is 2.63 bits per heavy atom. The van der Waals surface area contributed by atoms with Crippen LogP contribution in [0.25, 0.3) is 0 Å². The lowest BCUT2D eigenvalue weighted by Crippen LogP contribution is -2.28. The maximum Gasteiger partial charge on any atom is 0.341 e. The van der Waals surface area contributed by atoms with E-state index in [0.29, 0.717) is 4.47 Å². The number of esters is 1. The summed E-state index contributed by atoms with van der Waals surface area (Å²) in [6, 6.07) is 7.95. The molecule has 0 unspecified atom stereocenters. The number of hydrogen-bond acceptors (Lipinski definition) is 5. The van der Waals surface area contributed by atoms with Gasteiger partial charge >= 0.3 is 5.97 Å². The van der Waals surface area contributed by atoms with Crippen molar-refractivity contribution in [3.8, 4) is 5.75 Å². The molecule has 0 aliphatic heterocycles. The Morgan fingerprint density at radius 1 is 1.19 bits per heavy atom. The lowest BCUT2D eigenvalue weighted by molar-refractivity contribution is -0.116. The molecule has 0 fully saturated rings. The summed E-state index contributed by atoms with van der Waals surface area (Å²) < 4.78 is 18.2. The molecule has 27 heavy (non-hydrogen) atoms. The number of carbonyl (C=O) groups is 3. The maximum atomic E-state index is 13.2. The Balaban J connectivity index is 1.93. The van der Waals surface area contributed by atoms with Gasteiger partial charge in [-0.2, -0.15) is 0 Å². The van der Waals surface area contributed by atoms with Gasteiger partial charge < -0.3 is 20.5 Å². The van der Waals surface area contributed by atoms with E-state index in [4.69, 9.17) is 0 Å². The highest BCUT2D eigenvalue weighted by Crippen LogP contribution is 2.28. The van der Waals surface area contributed by atoms with E-state index in [1.54, 1.807) is 0 Å². The van der Waals surface area contributed by atoms with Crippen LogP contribution < -0.4 is 10.6 Å². The highest BCUT2D eigenvalue weighted by Gasteiger charge is 2.16. The third kappa shape index (κ3) is 5.27. The lowest BCUT2D eigenvalue weighted by Gasteiger charge is -2.10. The summed E-state index contributed by atoms with van der Waals surface area (Å²) in [5.74, 6) is -2.74. The molecule has 0 aliphatic carbocycles. The SMILES string of the molecule is COC(=O)c1cccc(NC(=O)CCNC(=O)c2cc(F)ccc2Br)c1O. The third-order valence-electron chi connectivity index (χ3n) is 3.53. The number of methoxy groups -OCH3 is 1. The van der Waals surface area contributed by atoms with Crippen LogP contribution in [0.15, 0.2) is 40.9 Å². The van der Waals surface area contributed by atoms with Crippen molar-refractivity contribution in [1.82, 2.24) is 5.32 Å². The second-order valence-corrected chi connectivity index (χ2v) is 6.23. The number of anilines is 1. The monoisotopic (exact) mass is 438 g/mol. The minimum absolute atomic E-state index is 0.00885. The predicted octanol–water partition coefficient (Wildman–Crippen LogP) is 2.84. The number of aromatic hydroxyl groups is 1. The van der Waals surface area contributed by atoms with Crippen molar-refractivity contribution >= 4 is 39.4 Å². The lowest BCUT2D eigenvalue weighted by atomic mass is 10.1. The Morgan fingerprint density at radius 2 is 1.93 bits per heavy atom. The number of halogens is 2. The summed E-state index contributed by atoms with van der Waals surface area (Å²) in [7, 11) is 1.17. The van der Waals surface area contributed by atoms with E-state index >= 15 is 0 Å². The van der Waals surface area contributed by atoms with Gasteiger partial charge in [0.1, 0.15) is 11.4 Å². The van der Waals surface area contributed by atoms with Crippen LogP contribution in [0.3, 0.4) is 0 Å². The van der Waals surface area contributed by atoms with E-state index in [0.717, 1.165) is 6.07 Å². The summed E-state index contributed by atoms with van der Waals surface area (Å²) in [5.41, 5.74) is 0.0699. The van der Waals surface area contributed by atoms with Crippen molar-refractivity contribution in [2.75, 3.05) is 19.0 Å². The standard InChI is InChI=1S/C18H16BrFN2O5/c1-27-18(26)11-3-2-4-14(16(11)24)22-15(23)7-8-21-17(25)12-9-10(20)5-6-13(12)19/h2-6,9,24H,7-8H2,1H3,(H,21,25)(H,22,23). The molecule has 142 valence electrons. The van der Waals surface area contributed by atoms with Crippen molar-refractivity contribution in [2.24, 2.45) is 0 Å². The molecule has 0 aromatic heterocycles. The fourth-order valence-corrected chi connectivity index (χ4v) is 2.61. The molecule has 0 saturated heterocycles. The highest BCUT2D eigenvalue weighted by atomic mass is 79.9. The van der Waals surface area contributed by atoms with Gasteiger partial charge in [0.05, 0.1) is 18.4 Å². The molecule has 7 nitrogen and oxygen atoms in total. The topological polar surface area (TPSA) is 105 Å². The molecule has 0 saturated carbocycles. The van der Waals surface area contributed by atoms with Crippen molar-refractivity contribution in [3.05, 3.63) is 57.8 Å². The van der Waals surface area contributed by atoms with Crippen LogP contribution in [-0.4, -0.2) is 36.5 Å². The molecule has 3 N–H and O–H groups in total. The van der Waals surface area contributed by atoms with E-state index < -0.39 is 29.4 Å². The first kappa shape index (κ1) is 20.4. The van der Waals surface area contributed by atoms with Crippen molar-refractivity contribution < 1.29 is 28.6 Å². The number of ether oxygens (including phenoxy) is 1. The predicted molar refractivity (Wildman–Crippen MR) is 99.1 cm³/mol. The van der Waals surface area contributed by atoms with Gasteiger partial charge in [0.25, 0.3) is 5.91 Å². The number of carbonyl (C=O) groups excluding carboxylic acids is 3. The Labute approximate surface area is 162 Å². The van der Waals surface area contributed by atoms with Crippen LogP contribution in [0, 0.1) is 5.82 Å². The van der Waals surface area contributed by atoms with Gasteiger partial charge in [-0.1, -0.05) is 6.07 Å². The van der Waals surface area contributed by atoms with Gasteiger partial charge in [-0.05, 0) is 46.3 Å². The fraction of sp³-hybridized carbons (Fsp3) is 0.167. The first-order chi connectivity index (χ1) is 12.8. The number of amides is 2. The van der Waals surface area contributed by atoms with Gasteiger partial charge in [-0.3, -0.25) is 9.59 Å². The number of phenolic OH excluding ortho intramolecular Hbond substituents is 1. The van der Waals surface area contributed by atoms with Crippen LogP contribution in [0.2, 0.25) is 0 Å². The summed E-state index contributed by atoms with van der Waals surface area (Å²) in [6.45, 7) is -0.00885. The smallest absolute Gasteiger partial charge is 0.341 e. The van der Waals surface area contributed by atoms with Crippen LogP contribution in [0.5, 0.6) is 5.75 Å². The molecule has 0 spiro atoms. The summed E-state index contributed by atoms with van der Waals surface area (Å²) in [6.07, 6.45) is -0.0967. The normalized spacial score (nSPS) is 10.2. The molecular formula is C18H16BrFN2O5. The molecule has 0 atom stereocenters. The molecule has 2 amide bonds. The van der Waals surface area contributed by atoms with Gasteiger partial charge in [0.15, 0.2) is 5.75 Å². The van der Waals surface area contributed by atoms with Gasteiger partial charge in [0, 0.05) is 17.4 Å². The molecule has 0 bridgehead atoms. The zero-order valence-corrected chi connectivity index (χ0v) is 15.8. The number of para-hydroxylation sites is 1. The number of rotatable bonds is 6. The van der Waals surface area contributed by atoms with Gasteiger partial charge in [-0.15, -0.1) is 0 Å². The summed E-state index contributed by atoms with van der Waals surface area (Å²) >= 11 is 3.16. The first-order valence-electron chi connectivity index (χ1n) is 7.77. The maximum absolute atomic E-state index is 13.2. The van der Waals surface area contributed by atoms with Crippen molar-refractivity contribution in [1.29, 1.82) is 0 Å². The number of phenols is 1. The van der Waals surface area contributed by atoms with E-state index in [9.17, 15) is 23.9 Å². The van der Waals surface area contributed by atoms with E-state index in [-0.39, 0.29) is 29.8 Å². The average molecular weight is 439 g/mol. The first-order valence-corrected chi connectivity index (χ1v) is 8.56. The Kier molecular flexibility index (Phi) is 6.89. The van der Waals surface area contributed by atoms with E-state index in [1.165, 1.54) is 37.4 Å². The Hall–Kier alpha value is -2.94. The third-order valence-corrected chi connectivity index (χ3v) is 4.22. The minimum Gasteiger partial charge on any atom is -0.505 e. The highest BCUT2D eigenvalue weighted by molar-refractivity contribution is 9.10. The van der Waals surface area contributed by atoms with Crippen LogP contribution in [-0.2, 0) is 9.53 Å². The molecule has 0 aliphatic rings. The van der Waals surface area contributed by atoms with Crippen molar-refractivity contribution in [3.63, 3.8) is 0 Å². The molecule has 2 aromatic rings. The second-order valence-electron chi connectivity index (χ2n) is 5.37. The molecule has 0 radical (unpaired) electrons. The fourth-order valence-electron chi connectivity index (χ4n) is 2.19. The number of benzene rings is 2. The summed E-state index contributed by atoms with van der Waals surface area (Å²) in [5, 5.41) is 15.0. The van der Waals surface area contributed by atoms with E-state index in [2.05, 4.69) is 31.3 Å². The molecule has 2 rings (SSSR count). The van der Waals surface area contributed by atoms with E-state index in [1.807, 2.05) is 0 Å². The van der Waals surface area contributed by atoms with Gasteiger partial charge in [-0.25, -0.2) is 9.18 Å².